The van der Waals surface area contributed by atoms with Crippen molar-refractivity contribution < 1.29 is 19.1 Å². The highest BCUT2D eigenvalue weighted by Gasteiger charge is 2.18. The molecule has 0 radical (unpaired) electrons. The van der Waals surface area contributed by atoms with E-state index in [9.17, 15) is 9.59 Å². The van der Waals surface area contributed by atoms with E-state index in [-0.39, 0.29) is 11.3 Å². The zero-order chi connectivity index (χ0) is 16.1. The number of thiophene rings is 1. The normalized spacial score (nSPS) is 10.1. The molecule has 3 aromatic rings. The van der Waals surface area contributed by atoms with E-state index in [0.29, 0.717) is 10.6 Å². The van der Waals surface area contributed by atoms with Gasteiger partial charge in [0, 0.05) is 0 Å². The number of hydrogen-bond donors (Lipinski definition) is 0. The van der Waals surface area contributed by atoms with E-state index in [1.165, 1.54) is 11.3 Å². The number of rotatable bonds is 4. The quantitative estimate of drug-likeness (QED) is 0.533. The fourth-order valence-corrected chi connectivity index (χ4v) is 2.52. The molecule has 0 aliphatic heterocycles. The maximum atomic E-state index is 12.3. The van der Waals surface area contributed by atoms with Gasteiger partial charge in [-0.15, -0.1) is 11.3 Å². The van der Waals surface area contributed by atoms with E-state index < -0.39 is 11.9 Å². The number of carbonyl (C=O) groups excluding carboxylic acids is 2. The van der Waals surface area contributed by atoms with Gasteiger partial charge in [-0.25, -0.2) is 9.59 Å². The van der Waals surface area contributed by atoms with Gasteiger partial charge in [0.25, 0.3) is 0 Å². The van der Waals surface area contributed by atoms with Gasteiger partial charge in [0.1, 0.15) is 21.9 Å². The summed E-state index contributed by atoms with van der Waals surface area (Å²) in [4.78, 5) is 24.8. The van der Waals surface area contributed by atoms with Crippen LogP contribution in [-0.4, -0.2) is 11.9 Å². The van der Waals surface area contributed by atoms with E-state index in [4.69, 9.17) is 9.47 Å². The van der Waals surface area contributed by atoms with Gasteiger partial charge in [-0.2, -0.15) is 0 Å². The zero-order valence-electron chi connectivity index (χ0n) is 12.0. The fourth-order valence-electron chi connectivity index (χ4n) is 1.92. The van der Waals surface area contributed by atoms with Crippen molar-refractivity contribution in [3.05, 3.63) is 82.6 Å². The maximum Gasteiger partial charge on any atom is 0.353 e. The molecule has 0 aliphatic rings. The first kappa shape index (κ1) is 15.0. The molecular formula is C18H12O4S. The Labute approximate surface area is 136 Å². The molecule has 0 N–H and O–H groups in total. The number of benzene rings is 2. The summed E-state index contributed by atoms with van der Waals surface area (Å²) in [5.74, 6) is -0.477. The van der Waals surface area contributed by atoms with Gasteiger partial charge in [-0.1, -0.05) is 36.4 Å². The summed E-state index contributed by atoms with van der Waals surface area (Å²) in [6.45, 7) is 0. The molecule has 1 heterocycles. The van der Waals surface area contributed by atoms with Crippen molar-refractivity contribution in [1.82, 2.24) is 0 Å². The molecule has 0 spiro atoms. The molecule has 0 amide bonds. The van der Waals surface area contributed by atoms with Crippen molar-refractivity contribution >= 4 is 23.3 Å². The van der Waals surface area contributed by atoms with Crippen LogP contribution in [0.15, 0.2) is 72.1 Å². The summed E-state index contributed by atoms with van der Waals surface area (Å²) in [7, 11) is 0. The van der Waals surface area contributed by atoms with Crippen LogP contribution in [-0.2, 0) is 0 Å². The van der Waals surface area contributed by atoms with Crippen LogP contribution in [0, 0.1) is 0 Å². The second-order valence-corrected chi connectivity index (χ2v) is 5.51. The Balaban J connectivity index is 1.80. The minimum Gasteiger partial charge on any atom is -0.423 e. The third-order valence-electron chi connectivity index (χ3n) is 2.99. The van der Waals surface area contributed by atoms with Crippen molar-refractivity contribution in [3.8, 4) is 11.5 Å². The third-order valence-corrected chi connectivity index (χ3v) is 3.84. The first-order valence-electron chi connectivity index (χ1n) is 6.86. The van der Waals surface area contributed by atoms with Crippen molar-refractivity contribution in [2.24, 2.45) is 0 Å². The Hall–Kier alpha value is -2.92. The fraction of sp³-hybridized carbons (Fsp3) is 0. The summed E-state index contributed by atoms with van der Waals surface area (Å²) < 4.78 is 10.6. The van der Waals surface area contributed by atoms with Crippen molar-refractivity contribution in [2.75, 3.05) is 0 Å². The largest absolute Gasteiger partial charge is 0.423 e. The highest BCUT2D eigenvalue weighted by Crippen LogP contribution is 2.22. The van der Waals surface area contributed by atoms with Crippen LogP contribution in [0.25, 0.3) is 0 Å². The number of carbonyl (C=O) groups is 2. The lowest BCUT2D eigenvalue weighted by molar-refractivity contribution is 0.0709. The molecule has 3 rings (SSSR count). The average molecular weight is 324 g/mol. The Kier molecular flexibility index (Phi) is 4.49. The van der Waals surface area contributed by atoms with Gasteiger partial charge in [0.2, 0.25) is 0 Å². The molecule has 4 nitrogen and oxygen atoms in total. The van der Waals surface area contributed by atoms with Gasteiger partial charge >= 0.3 is 11.9 Å². The molecule has 5 heteroatoms. The van der Waals surface area contributed by atoms with E-state index in [1.54, 1.807) is 66.0 Å². The highest BCUT2D eigenvalue weighted by molar-refractivity contribution is 7.12. The monoisotopic (exact) mass is 324 g/mol. The molecular weight excluding hydrogens is 312 g/mol. The van der Waals surface area contributed by atoms with Crippen LogP contribution in [0.2, 0.25) is 0 Å². The number of hydrogen-bond acceptors (Lipinski definition) is 5. The number of ether oxygens (including phenoxy) is 2. The van der Waals surface area contributed by atoms with Crippen LogP contribution < -0.4 is 9.47 Å². The minimum absolute atomic E-state index is 0.173. The van der Waals surface area contributed by atoms with Crippen LogP contribution in [0.4, 0.5) is 0 Å². The number of esters is 2. The smallest absolute Gasteiger partial charge is 0.353 e. The SMILES string of the molecule is O=C(Oc1ccccc1C(=O)Oc1ccccc1)c1cccs1. The molecule has 0 fully saturated rings. The van der Waals surface area contributed by atoms with Crippen molar-refractivity contribution in [2.45, 2.75) is 0 Å². The highest BCUT2D eigenvalue weighted by atomic mass is 32.1. The van der Waals surface area contributed by atoms with Gasteiger partial charge in [-0.05, 0) is 35.7 Å². The summed E-state index contributed by atoms with van der Waals surface area (Å²) in [5, 5.41) is 1.78. The lowest BCUT2D eigenvalue weighted by Gasteiger charge is -2.09. The standard InChI is InChI=1S/C18H12O4S/c19-17(21-13-7-2-1-3-8-13)14-9-4-5-10-15(14)22-18(20)16-11-6-12-23-16/h1-12H. The maximum absolute atomic E-state index is 12.3. The van der Waals surface area contributed by atoms with E-state index >= 15 is 0 Å². The number of para-hydroxylation sites is 2. The van der Waals surface area contributed by atoms with E-state index in [2.05, 4.69) is 0 Å². The molecule has 0 unspecified atom stereocenters. The Bertz CT molecular complexity index is 810. The minimum atomic E-state index is -0.578. The molecule has 0 atom stereocenters. The Morgan fingerprint density at radius 2 is 1.48 bits per heavy atom. The molecule has 1 aromatic heterocycles. The second kappa shape index (κ2) is 6.89. The van der Waals surface area contributed by atoms with Gasteiger partial charge in [-0.3, -0.25) is 0 Å². The van der Waals surface area contributed by atoms with Gasteiger partial charge < -0.3 is 9.47 Å². The third kappa shape index (κ3) is 3.64. The summed E-state index contributed by atoms with van der Waals surface area (Å²) in [6, 6.07) is 18.6. The van der Waals surface area contributed by atoms with Crippen LogP contribution >= 0.6 is 11.3 Å². The molecule has 2 aromatic carbocycles. The molecule has 114 valence electrons. The summed E-state index contributed by atoms with van der Waals surface area (Å²) >= 11 is 1.28. The second-order valence-electron chi connectivity index (χ2n) is 4.57. The van der Waals surface area contributed by atoms with Gasteiger partial charge in [0.05, 0.1) is 0 Å². The molecule has 0 saturated heterocycles. The van der Waals surface area contributed by atoms with Crippen molar-refractivity contribution in [3.63, 3.8) is 0 Å². The topological polar surface area (TPSA) is 52.6 Å². The predicted octanol–water partition coefficient (Wildman–Crippen LogP) is 4.19. The van der Waals surface area contributed by atoms with E-state index in [0.717, 1.165) is 0 Å². The first-order valence-corrected chi connectivity index (χ1v) is 7.74. The Morgan fingerprint density at radius 3 is 2.22 bits per heavy atom. The van der Waals surface area contributed by atoms with Gasteiger partial charge in [0.15, 0.2) is 0 Å². The molecule has 0 aliphatic carbocycles. The lowest BCUT2D eigenvalue weighted by atomic mass is 10.2. The lowest BCUT2D eigenvalue weighted by Crippen LogP contribution is -2.13. The molecule has 23 heavy (non-hydrogen) atoms. The average Bonchev–Trinajstić information content (AvgIpc) is 3.11. The van der Waals surface area contributed by atoms with E-state index in [1.807, 2.05) is 6.07 Å². The predicted molar refractivity (Wildman–Crippen MR) is 87.1 cm³/mol. The zero-order valence-corrected chi connectivity index (χ0v) is 12.8. The summed E-state index contributed by atoms with van der Waals surface area (Å²) in [6.07, 6.45) is 0. The van der Waals surface area contributed by atoms with Crippen LogP contribution in [0.3, 0.4) is 0 Å². The molecule has 0 bridgehead atoms. The van der Waals surface area contributed by atoms with Crippen LogP contribution in [0.1, 0.15) is 20.0 Å². The van der Waals surface area contributed by atoms with Crippen molar-refractivity contribution in [1.29, 1.82) is 0 Å². The van der Waals surface area contributed by atoms with Crippen LogP contribution in [0.5, 0.6) is 11.5 Å². The Morgan fingerprint density at radius 1 is 0.739 bits per heavy atom. The summed E-state index contributed by atoms with van der Waals surface area (Å²) in [5.41, 5.74) is 0.196. The first-order chi connectivity index (χ1) is 11.2. The molecule has 0 saturated carbocycles.